The number of aromatic nitrogens is 4. The summed E-state index contributed by atoms with van der Waals surface area (Å²) < 4.78 is 29.0. The van der Waals surface area contributed by atoms with Gasteiger partial charge in [-0.3, -0.25) is 0 Å². The third-order valence-corrected chi connectivity index (χ3v) is 3.87. The molecule has 9 heteroatoms. The Morgan fingerprint density at radius 2 is 2.10 bits per heavy atom. The lowest BCUT2D eigenvalue weighted by molar-refractivity contribution is 0.415. The van der Waals surface area contributed by atoms with Gasteiger partial charge in [-0.05, 0) is 29.0 Å². The number of hydrogen-bond donors (Lipinski definition) is 1. The van der Waals surface area contributed by atoms with Gasteiger partial charge >= 0.3 is 0 Å². The molecule has 0 aliphatic rings. The van der Waals surface area contributed by atoms with E-state index in [4.69, 9.17) is 10.5 Å². The highest BCUT2D eigenvalue weighted by molar-refractivity contribution is 7.90. The zero-order valence-electron chi connectivity index (χ0n) is 11.9. The lowest BCUT2D eigenvalue weighted by atomic mass is 10.1. The Morgan fingerprint density at radius 1 is 1.33 bits per heavy atom. The quantitative estimate of drug-likeness (QED) is 0.766. The standard InChI is InChI=1S/C12H17N5O3S/c1-20-11-7-9(6-10(13)8-11)12-14-15-16-17(12)4-3-5-21(2,18)19/h6-8H,3-5,13H2,1-2H3. The molecule has 0 aliphatic carbocycles. The molecule has 0 saturated carbocycles. The number of tetrazole rings is 1. The summed E-state index contributed by atoms with van der Waals surface area (Å²) in [4.78, 5) is 0. The molecule has 0 radical (unpaired) electrons. The maximum atomic E-state index is 11.1. The van der Waals surface area contributed by atoms with Gasteiger partial charge in [0.15, 0.2) is 5.82 Å². The predicted molar refractivity (Wildman–Crippen MR) is 78.5 cm³/mol. The van der Waals surface area contributed by atoms with Gasteiger partial charge in [0.25, 0.3) is 0 Å². The van der Waals surface area contributed by atoms with Crippen LogP contribution in [0, 0.1) is 0 Å². The van der Waals surface area contributed by atoms with Gasteiger partial charge in [-0.25, -0.2) is 13.1 Å². The van der Waals surface area contributed by atoms with Gasteiger partial charge in [0, 0.05) is 30.1 Å². The van der Waals surface area contributed by atoms with Crippen LogP contribution in [0.1, 0.15) is 6.42 Å². The van der Waals surface area contributed by atoms with E-state index in [1.54, 1.807) is 30.0 Å². The summed E-state index contributed by atoms with van der Waals surface area (Å²) in [7, 11) is -1.44. The van der Waals surface area contributed by atoms with Crippen LogP contribution >= 0.6 is 0 Å². The summed E-state index contributed by atoms with van der Waals surface area (Å²) >= 11 is 0. The molecular formula is C12H17N5O3S. The van der Waals surface area contributed by atoms with Crippen LogP contribution in [0.4, 0.5) is 5.69 Å². The highest BCUT2D eigenvalue weighted by Gasteiger charge is 2.12. The van der Waals surface area contributed by atoms with Crippen molar-refractivity contribution < 1.29 is 13.2 Å². The highest BCUT2D eigenvalue weighted by atomic mass is 32.2. The fourth-order valence-corrected chi connectivity index (χ4v) is 2.56. The Hall–Kier alpha value is -2.16. The number of benzene rings is 1. The molecule has 1 aromatic heterocycles. The van der Waals surface area contributed by atoms with Crippen molar-refractivity contribution in [1.29, 1.82) is 0 Å². The van der Waals surface area contributed by atoms with Gasteiger partial charge in [-0.1, -0.05) is 0 Å². The molecule has 8 nitrogen and oxygen atoms in total. The monoisotopic (exact) mass is 311 g/mol. The smallest absolute Gasteiger partial charge is 0.182 e. The van der Waals surface area contributed by atoms with E-state index in [9.17, 15) is 8.42 Å². The summed E-state index contributed by atoms with van der Waals surface area (Å²) in [6, 6.07) is 5.21. The fourth-order valence-electron chi connectivity index (χ4n) is 1.91. The molecule has 0 atom stereocenters. The van der Waals surface area contributed by atoms with Crippen LogP contribution in [0.5, 0.6) is 5.75 Å². The van der Waals surface area contributed by atoms with Crippen molar-refractivity contribution in [2.45, 2.75) is 13.0 Å². The minimum Gasteiger partial charge on any atom is -0.497 e. The molecule has 0 fully saturated rings. The number of hydrogen-bond acceptors (Lipinski definition) is 7. The SMILES string of the molecule is COc1cc(N)cc(-c2nnnn2CCCS(C)(=O)=O)c1. The van der Waals surface area contributed by atoms with E-state index in [0.717, 1.165) is 5.56 Å². The largest absolute Gasteiger partial charge is 0.497 e. The Morgan fingerprint density at radius 3 is 2.76 bits per heavy atom. The second-order valence-electron chi connectivity index (χ2n) is 4.70. The van der Waals surface area contributed by atoms with Gasteiger partial charge in [0.05, 0.1) is 12.9 Å². The van der Waals surface area contributed by atoms with E-state index < -0.39 is 9.84 Å². The van der Waals surface area contributed by atoms with Crippen molar-refractivity contribution in [1.82, 2.24) is 20.2 Å². The topological polar surface area (TPSA) is 113 Å². The lowest BCUT2D eigenvalue weighted by Crippen LogP contribution is -2.09. The molecule has 0 unspecified atom stereocenters. The number of nitrogens with two attached hydrogens (primary N) is 1. The maximum absolute atomic E-state index is 11.1. The number of nitrogen functional groups attached to an aromatic ring is 1. The highest BCUT2D eigenvalue weighted by Crippen LogP contribution is 2.25. The Kier molecular flexibility index (Phi) is 4.41. The van der Waals surface area contributed by atoms with Crippen molar-refractivity contribution in [3.8, 4) is 17.1 Å². The molecule has 0 spiro atoms. The average Bonchev–Trinajstić information content (AvgIpc) is 2.85. The molecule has 2 aromatic rings. The molecule has 114 valence electrons. The number of ether oxygens (including phenoxy) is 1. The van der Waals surface area contributed by atoms with E-state index in [1.165, 1.54) is 6.26 Å². The first-order valence-electron chi connectivity index (χ1n) is 6.28. The predicted octanol–water partition coefficient (Wildman–Crippen LogP) is 0.366. The van der Waals surface area contributed by atoms with E-state index in [2.05, 4.69) is 15.5 Å². The Balaban J connectivity index is 2.22. The number of anilines is 1. The number of nitrogens with zero attached hydrogens (tertiary/aromatic N) is 4. The summed E-state index contributed by atoms with van der Waals surface area (Å²) in [6.07, 6.45) is 1.65. The second-order valence-corrected chi connectivity index (χ2v) is 6.96. The third-order valence-electron chi connectivity index (χ3n) is 2.84. The zero-order valence-corrected chi connectivity index (χ0v) is 12.7. The molecule has 0 aliphatic heterocycles. The lowest BCUT2D eigenvalue weighted by Gasteiger charge is -2.07. The first-order valence-corrected chi connectivity index (χ1v) is 8.34. The van der Waals surface area contributed by atoms with Crippen LogP contribution in [0.25, 0.3) is 11.4 Å². The number of aryl methyl sites for hydroxylation is 1. The Labute approximate surface area is 122 Å². The van der Waals surface area contributed by atoms with Gasteiger partial charge in [-0.15, -0.1) is 5.10 Å². The van der Waals surface area contributed by atoms with Gasteiger partial charge < -0.3 is 10.5 Å². The van der Waals surface area contributed by atoms with Crippen LogP contribution in [-0.2, 0) is 16.4 Å². The van der Waals surface area contributed by atoms with Crippen molar-refractivity contribution >= 4 is 15.5 Å². The average molecular weight is 311 g/mol. The summed E-state index contributed by atoms with van der Waals surface area (Å²) in [5.74, 6) is 1.22. The number of rotatable bonds is 6. The van der Waals surface area contributed by atoms with E-state index in [0.29, 0.717) is 30.2 Å². The fraction of sp³-hybridized carbons (Fsp3) is 0.417. The first-order chi connectivity index (χ1) is 9.89. The Bertz CT molecular complexity index is 726. The minimum absolute atomic E-state index is 0.0898. The molecule has 2 rings (SSSR count). The zero-order chi connectivity index (χ0) is 15.5. The van der Waals surface area contributed by atoms with Crippen LogP contribution in [0.2, 0.25) is 0 Å². The molecular weight excluding hydrogens is 294 g/mol. The molecule has 1 aromatic carbocycles. The molecule has 2 N–H and O–H groups in total. The van der Waals surface area contributed by atoms with E-state index >= 15 is 0 Å². The molecule has 0 saturated heterocycles. The van der Waals surface area contributed by atoms with Crippen LogP contribution in [0.15, 0.2) is 18.2 Å². The summed E-state index contributed by atoms with van der Waals surface area (Å²) in [5, 5.41) is 11.5. The molecule has 0 bridgehead atoms. The normalized spacial score (nSPS) is 11.5. The minimum atomic E-state index is -2.99. The molecule has 0 amide bonds. The molecule has 21 heavy (non-hydrogen) atoms. The summed E-state index contributed by atoms with van der Waals surface area (Å²) in [5.41, 5.74) is 7.07. The van der Waals surface area contributed by atoms with Gasteiger partial charge in [0.2, 0.25) is 0 Å². The van der Waals surface area contributed by atoms with Crippen molar-refractivity contribution in [2.75, 3.05) is 24.9 Å². The molecule has 1 heterocycles. The first kappa shape index (κ1) is 15.2. The van der Waals surface area contributed by atoms with Crippen LogP contribution in [-0.4, -0.2) is 47.7 Å². The number of methoxy groups -OCH3 is 1. The van der Waals surface area contributed by atoms with E-state index in [1.807, 2.05) is 0 Å². The van der Waals surface area contributed by atoms with Crippen LogP contribution < -0.4 is 10.5 Å². The second kappa shape index (κ2) is 6.08. The van der Waals surface area contributed by atoms with Crippen molar-refractivity contribution in [2.24, 2.45) is 0 Å². The summed E-state index contributed by atoms with van der Waals surface area (Å²) in [6.45, 7) is 0.409. The van der Waals surface area contributed by atoms with Gasteiger partial charge in [0.1, 0.15) is 15.6 Å². The van der Waals surface area contributed by atoms with Crippen molar-refractivity contribution in [3.05, 3.63) is 18.2 Å². The third kappa shape index (κ3) is 4.15. The van der Waals surface area contributed by atoms with Crippen molar-refractivity contribution in [3.63, 3.8) is 0 Å². The van der Waals surface area contributed by atoms with Gasteiger partial charge in [-0.2, -0.15) is 0 Å². The van der Waals surface area contributed by atoms with E-state index in [-0.39, 0.29) is 5.75 Å². The van der Waals surface area contributed by atoms with Crippen LogP contribution in [0.3, 0.4) is 0 Å². The maximum Gasteiger partial charge on any atom is 0.182 e. The number of sulfone groups is 1.